The second-order valence-electron chi connectivity index (χ2n) is 5.43. The third-order valence-electron chi connectivity index (χ3n) is 3.50. The van der Waals surface area contributed by atoms with Crippen molar-refractivity contribution in [3.8, 4) is 0 Å². The molecule has 0 spiro atoms. The van der Waals surface area contributed by atoms with Crippen molar-refractivity contribution in [3.05, 3.63) is 59.5 Å². The average Bonchev–Trinajstić information content (AvgIpc) is 2.57. The average molecular weight is 394 g/mol. The number of carbonyl (C=O) groups excluding carboxylic acids is 1. The van der Waals surface area contributed by atoms with Crippen LogP contribution in [0.1, 0.15) is 6.92 Å². The molecule has 3 rings (SSSR count). The highest BCUT2D eigenvalue weighted by Crippen LogP contribution is 2.29. The Morgan fingerprint density at radius 1 is 1.19 bits per heavy atom. The molecule has 1 aromatic heterocycles. The topological polar surface area (TPSA) is 88.2 Å². The fourth-order valence-corrected chi connectivity index (χ4v) is 3.89. The van der Waals surface area contributed by atoms with E-state index in [-0.39, 0.29) is 16.3 Å². The zero-order valence-corrected chi connectivity index (χ0v) is 15.0. The highest BCUT2D eigenvalue weighted by molar-refractivity contribution is 7.93. The monoisotopic (exact) mass is 393 g/mol. The third-order valence-corrected chi connectivity index (χ3v) is 5.24. The lowest BCUT2D eigenvalue weighted by Crippen LogP contribution is -2.14. The highest BCUT2D eigenvalue weighted by atomic mass is 35.5. The van der Waals surface area contributed by atoms with Gasteiger partial charge in [0, 0.05) is 18.5 Å². The molecule has 9 heteroatoms. The Bertz CT molecular complexity index is 1120. The van der Waals surface area contributed by atoms with Crippen molar-refractivity contribution in [2.24, 2.45) is 0 Å². The SMILES string of the molecule is CC(=O)Nc1cc(NS(=O)(=O)c2ccc(Cl)c3ncccc23)ccc1F. The summed E-state index contributed by atoms with van der Waals surface area (Å²) in [6, 6.07) is 9.52. The minimum Gasteiger partial charge on any atom is -0.324 e. The molecule has 2 aromatic carbocycles. The molecule has 6 nitrogen and oxygen atoms in total. The van der Waals surface area contributed by atoms with E-state index >= 15 is 0 Å². The van der Waals surface area contributed by atoms with Gasteiger partial charge in [-0.05, 0) is 42.5 Å². The van der Waals surface area contributed by atoms with E-state index in [2.05, 4.69) is 15.0 Å². The summed E-state index contributed by atoms with van der Waals surface area (Å²) in [5, 5.41) is 2.99. The molecular weight excluding hydrogens is 381 g/mol. The first kappa shape index (κ1) is 18.1. The van der Waals surface area contributed by atoms with Crippen LogP contribution in [0.4, 0.5) is 15.8 Å². The number of rotatable bonds is 4. The van der Waals surface area contributed by atoms with E-state index in [0.717, 1.165) is 6.07 Å². The predicted octanol–water partition coefficient (Wildman–Crippen LogP) is 3.79. The number of benzene rings is 2. The lowest BCUT2D eigenvalue weighted by atomic mass is 10.2. The van der Waals surface area contributed by atoms with Gasteiger partial charge in [-0.2, -0.15) is 0 Å². The number of halogens is 2. The van der Waals surface area contributed by atoms with Crippen LogP contribution >= 0.6 is 11.6 Å². The van der Waals surface area contributed by atoms with Crippen LogP contribution in [0.25, 0.3) is 10.9 Å². The van der Waals surface area contributed by atoms with E-state index < -0.39 is 21.7 Å². The maximum absolute atomic E-state index is 13.7. The zero-order valence-electron chi connectivity index (χ0n) is 13.5. The van der Waals surface area contributed by atoms with Crippen LogP contribution in [0.5, 0.6) is 0 Å². The molecule has 0 saturated heterocycles. The van der Waals surface area contributed by atoms with Gasteiger partial charge >= 0.3 is 0 Å². The minimum atomic E-state index is -4.00. The van der Waals surface area contributed by atoms with Crippen molar-refractivity contribution in [2.75, 3.05) is 10.0 Å². The van der Waals surface area contributed by atoms with Gasteiger partial charge in [0.25, 0.3) is 10.0 Å². The van der Waals surface area contributed by atoms with Gasteiger partial charge in [-0.3, -0.25) is 14.5 Å². The van der Waals surface area contributed by atoms with E-state index in [9.17, 15) is 17.6 Å². The number of hydrogen-bond acceptors (Lipinski definition) is 4. The van der Waals surface area contributed by atoms with Crippen LogP contribution in [-0.2, 0) is 14.8 Å². The number of nitrogens with zero attached hydrogens (tertiary/aromatic N) is 1. The minimum absolute atomic E-state index is 0.0181. The number of fused-ring (bicyclic) bond motifs is 1. The molecule has 3 aromatic rings. The molecule has 1 heterocycles. The molecule has 0 atom stereocenters. The molecule has 0 saturated carbocycles. The number of aromatic nitrogens is 1. The fraction of sp³-hybridized carbons (Fsp3) is 0.0588. The quantitative estimate of drug-likeness (QED) is 0.705. The molecule has 0 radical (unpaired) electrons. The molecule has 0 aliphatic carbocycles. The van der Waals surface area contributed by atoms with Crippen molar-refractivity contribution < 1.29 is 17.6 Å². The number of hydrogen-bond donors (Lipinski definition) is 2. The number of amides is 1. The molecule has 0 unspecified atom stereocenters. The van der Waals surface area contributed by atoms with E-state index in [1.54, 1.807) is 12.1 Å². The van der Waals surface area contributed by atoms with Gasteiger partial charge < -0.3 is 5.32 Å². The van der Waals surface area contributed by atoms with Crippen LogP contribution in [0, 0.1) is 5.82 Å². The van der Waals surface area contributed by atoms with Gasteiger partial charge in [0.15, 0.2) is 0 Å². The van der Waals surface area contributed by atoms with Gasteiger partial charge in [-0.25, -0.2) is 12.8 Å². The first-order valence-corrected chi connectivity index (χ1v) is 9.27. The Hall–Kier alpha value is -2.71. The fourth-order valence-electron chi connectivity index (χ4n) is 2.43. The van der Waals surface area contributed by atoms with Crippen molar-refractivity contribution >= 4 is 49.8 Å². The van der Waals surface area contributed by atoms with Gasteiger partial charge in [-0.1, -0.05) is 11.6 Å². The summed E-state index contributed by atoms with van der Waals surface area (Å²) >= 11 is 6.07. The smallest absolute Gasteiger partial charge is 0.262 e. The van der Waals surface area contributed by atoms with E-state index in [1.807, 2.05) is 0 Å². The molecule has 2 N–H and O–H groups in total. The molecule has 0 aliphatic rings. The lowest BCUT2D eigenvalue weighted by molar-refractivity contribution is -0.114. The van der Waals surface area contributed by atoms with Crippen LogP contribution in [-0.4, -0.2) is 19.3 Å². The molecule has 0 aliphatic heterocycles. The van der Waals surface area contributed by atoms with Gasteiger partial charge in [0.2, 0.25) is 5.91 Å². The largest absolute Gasteiger partial charge is 0.324 e. The summed E-state index contributed by atoms with van der Waals surface area (Å²) in [6.45, 7) is 1.23. The predicted molar refractivity (Wildman–Crippen MR) is 98.3 cm³/mol. The summed E-state index contributed by atoms with van der Waals surface area (Å²) in [4.78, 5) is 15.2. The number of sulfonamides is 1. The van der Waals surface area contributed by atoms with Gasteiger partial charge in [0.05, 0.1) is 26.8 Å². The molecule has 0 fully saturated rings. The normalized spacial score (nSPS) is 11.3. The molecular formula is C17H13ClFN3O3S. The van der Waals surface area contributed by atoms with E-state index in [0.29, 0.717) is 15.9 Å². The first-order chi connectivity index (χ1) is 12.3. The number of nitrogens with one attached hydrogen (secondary N) is 2. The maximum atomic E-state index is 13.7. The Morgan fingerprint density at radius 2 is 1.96 bits per heavy atom. The highest BCUT2D eigenvalue weighted by Gasteiger charge is 2.20. The molecule has 134 valence electrons. The summed E-state index contributed by atoms with van der Waals surface area (Å²) in [6.07, 6.45) is 1.51. The first-order valence-electron chi connectivity index (χ1n) is 7.41. The van der Waals surface area contributed by atoms with Gasteiger partial charge in [0.1, 0.15) is 5.82 Å². The van der Waals surface area contributed by atoms with Crippen molar-refractivity contribution in [2.45, 2.75) is 11.8 Å². The molecule has 0 bridgehead atoms. The number of anilines is 2. The van der Waals surface area contributed by atoms with Crippen molar-refractivity contribution in [1.29, 1.82) is 0 Å². The van der Waals surface area contributed by atoms with Crippen LogP contribution in [0.3, 0.4) is 0 Å². The third kappa shape index (κ3) is 3.61. The summed E-state index contributed by atoms with van der Waals surface area (Å²) in [5.74, 6) is -1.15. The Balaban J connectivity index is 2.03. The van der Waals surface area contributed by atoms with Crippen LogP contribution < -0.4 is 10.0 Å². The Labute approximate surface area is 154 Å². The van der Waals surface area contributed by atoms with Gasteiger partial charge in [-0.15, -0.1) is 0 Å². The number of carbonyl (C=O) groups is 1. The Morgan fingerprint density at radius 3 is 2.69 bits per heavy atom. The Kier molecular flexibility index (Phi) is 4.80. The zero-order chi connectivity index (χ0) is 18.9. The maximum Gasteiger partial charge on any atom is 0.262 e. The molecule has 26 heavy (non-hydrogen) atoms. The van der Waals surface area contributed by atoms with E-state index in [4.69, 9.17) is 11.6 Å². The summed E-state index contributed by atoms with van der Waals surface area (Å²) < 4.78 is 41.7. The second-order valence-corrected chi connectivity index (χ2v) is 7.48. The standard InChI is InChI=1S/C17H13ClFN3O3S/c1-10(23)21-15-9-11(4-6-14(15)19)22-26(24,25)16-7-5-13(18)17-12(16)3-2-8-20-17/h2-9,22H,1H3,(H,21,23). The van der Waals surface area contributed by atoms with Crippen molar-refractivity contribution in [3.63, 3.8) is 0 Å². The summed E-state index contributed by atoms with van der Waals surface area (Å²) in [5.41, 5.74) is 0.331. The molecule has 1 amide bonds. The van der Waals surface area contributed by atoms with Crippen molar-refractivity contribution in [1.82, 2.24) is 4.98 Å². The summed E-state index contributed by atoms with van der Waals surface area (Å²) in [7, 11) is -4.00. The van der Waals surface area contributed by atoms with E-state index in [1.165, 1.54) is 37.4 Å². The van der Waals surface area contributed by atoms with Crippen LogP contribution in [0.2, 0.25) is 5.02 Å². The number of pyridine rings is 1. The van der Waals surface area contributed by atoms with Crippen LogP contribution in [0.15, 0.2) is 53.6 Å². The lowest BCUT2D eigenvalue weighted by Gasteiger charge is -2.12. The second kappa shape index (κ2) is 6.89.